The molecule has 0 aliphatic rings. The van der Waals surface area contributed by atoms with Crippen molar-refractivity contribution in [3.05, 3.63) is 77.3 Å². The number of carbonyl (C=O) groups is 1. The topological polar surface area (TPSA) is 51.2 Å². The summed E-state index contributed by atoms with van der Waals surface area (Å²) in [7, 11) is 0. The molecule has 4 nitrogen and oxygen atoms in total. The fourth-order valence-electron chi connectivity index (χ4n) is 2.87. The quantitative estimate of drug-likeness (QED) is 0.408. The number of nitrogens with zero attached hydrogens (tertiary/aromatic N) is 1. The van der Waals surface area contributed by atoms with E-state index in [9.17, 15) is 4.79 Å². The van der Waals surface area contributed by atoms with Gasteiger partial charge in [0.05, 0.1) is 10.2 Å². The van der Waals surface area contributed by atoms with Gasteiger partial charge in [-0.05, 0) is 80.1 Å². The van der Waals surface area contributed by atoms with Crippen LogP contribution in [-0.4, -0.2) is 17.0 Å². The zero-order valence-electron chi connectivity index (χ0n) is 16.0. The van der Waals surface area contributed by atoms with E-state index >= 15 is 0 Å². The number of nitrogens with one attached hydrogen (secondary N) is 1. The highest BCUT2D eigenvalue weighted by Crippen LogP contribution is 2.31. The van der Waals surface area contributed by atoms with Gasteiger partial charge in [-0.1, -0.05) is 17.7 Å². The van der Waals surface area contributed by atoms with Crippen LogP contribution in [0.1, 0.15) is 12.5 Å². The lowest BCUT2D eigenvalue weighted by atomic mass is 10.2. The van der Waals surface area contributed by atoms with Gasteiger partial charge in [0.25, 0.3) is 5.91 Å². The Kier molecular flexibility index (Phi) is 5.51. The van der Waals surface area contributed by atoms with Crippen molar-refractivity contribution in [3.8, 4) is 16.3 Å². The summed E-state index contributed by atoms with van der Waals surface area (Å²) in [6.45, 7) is 3.77. The lowest BCUT2D eigenvalue weighted by Gasteiger charge is -2.15. The van der Waals surface area contributed by atoms with Crippen LogP contribution >= 0.6 is 22.9 Å². The van der Waals surface area contributed by atoms with Crippen LogP contribution in [0.4, 0.5) is 5.69 Å². The molecule has 1 atom stereocenters. The summed E-state index contributed by atoms with van der Waals surface area (Å²) in [6.07, 6.45) is -0.636. The average molecular weight is 423 g/mol. The summed E-state index contributed by atoms with van der Waals surface area (Å²) in [6, 6.07) is 20.9. The van der Waals surface area contributed by atoms with Crippen molar-refractivity contribution in [2.45, 2.75) is 20.0 Å². The first-order valence-electron chi connectivity index (χ1n) is 9.19. The van der Waals surface area contributed by atoms with Crippen LogP contribution in [0.5, 0.6) is 5.75 Å². The minimum Gasteiger partial charge on any atom is -0.481 e. The molecular formula is C23H19ClN2O2S. The van der Waals surface area contributed by atoms with Crippen LogP contribution in [0.25, 0.3) is 20.8 Å². The smallest absolute Gasteiger partial charge is 0.265 e. The summed E-state index contributed by atoms with van der Waals surface area (Å²) >= 11 is 7.52. The minimum atomic E-state index is -0.636. The van der Waals surface area contributed by atoms with E-state index in [2.05, 4.69) is 30.4 Å². The van der Waals surface area contributed by atoms with Crippen LogP contribution in [0, 0.1) is 6.92 Å². The Balaban J connectivity index is 1.43. The monoisotopic (exact) mass is 422 g/mol. The van der Waals surface area contributed by atoms with Gasteiger partial charge in [0, 0.05) is 16.3 Å². The first-order valence-corrected chi connectivity index (χ1v) is 10.4. The Morgan fingerprint density at radius 3 is 2.52 bits per heavy atom. The third-order valence-corrected chi connectivity index (χ3v) is 5.78. The molecule has 0 aliphatic carbocycles. The maximum Gasteiger partial charge on any atom is 0.265 e. The Morgan fingerprint density at radius 1 is 1.07 bits per heavy atom. The largest absolute Gasteiger partial charge is 0.481 e. The van der Waals surface area contributed by atoms with Gasteiger partial charge in [0.15, 0.2) is 6.10 Å². The van der Waals surface area contributed by atoms with Gasteiger partial charge in [-0.3, -0.25) is 4.79 Å². The van der Waals surface area contributed by atoms with Gasteiger partial charge in [-0.25, -0.2) is 4.98 Å². The van der Waals surface area contributed by atoms with Crippen molar-refractivity contribution in [3.63, 3.8) is 0 Å². The first-order chi connectivity index (χ1) is 14.0. The standard InChI is InChI=1S/C23H19ClN2O2S/c1-14-3-12-21-20(13-14)26-23(29-21)16-4-8-18(9-5-16)25-22(27)15(2)28-19-10-6-17(24)7-11-19/h3-13,15H,1-2H3,(H,25,27). The summed E-state index contributed by atoms with van der Waals surface area (Å²) in [4.78, 5) is 17.1. The van der Waals surface area contributed by atoms with E-state index in [0.29, 0.717) is 16.5 Å². The van der Waals surface area contributed by atoms with E-state index in [4.69, 9.17) is 21.3 Å². The van der Waals surface area contributed by atoms with E-state index in [1.165, 1.54) is 5.56 Å². The van der Waals surface area contributed by atoms with Crippen molar-refractivity contribution >= 4 is 44.7 Å². The fourth-order valence-corrected chi connectivity index (χ4v) is 3.95. The normalized spacial score (nSPS) is 12.0. The van der Waals surface area contributed by atoms with Crippen molar-refractivity contribution in [2.75, 3.05) is 5.32 Å². The molecule has 0 aliphatic heterocycles. The number of hydrogen-bond acceptors (Lipinski definition) is 4. The molecule has 0 fully saturated rings. The Hall–Kier alpha value is -2.89. The molecule has 1 unspecified atom stereocenters. The van der Waals surface area contributed by atoms with Crippen LogP contribution in [-0.2, 0) is 4.79 Å². The van der Waals surface area contributed by atoms with Gasteiger partial charge in [-0.2, -0.15) is 0 Å². The van der Waals surface area contributed by atoms with E-state index in [-0.39, 0.29) is 5.91 Å². The molecular weight excluding hydrogens is 404 g/mol. The molecule has 146 valence electrons. The summed E-state index contributed by atoms with van der Waals surface area (Å²) < 4.78 is 6.82. The molecule has 1 amide bonds. The molecule has 0 spiro atoms. The molecule has 4 aromatic rings. The second kappa shape index (κ2) is 8.23. The maximum absolute atomic E-state index is 12.4. The number of benzene rings is 3. The minimum absolute atomic E-state index is 0.219. The second-order valence-electron chi connectivity index (χ2n) is 6.77. The first kappa shape index (κ1) is 19.4. The number of thiazole rings is 1. The SMILES string of the molecule is Cc1ccc2sc(-c3ccc(NC(=O)C(C)Oc4ccc(Cl)cc4)cc3)nc2c1. The highest BCUT2D eigenvalue weighted by atomic mass is 35.5. The zero-order valence-corrected chi connectivity index (χ0v) is 17.6. The van der Waals surface area contributed by atoms with E-state index in [1.807, 2.05) is 24.3 Å². The predicted molar refractivity (Wildman–Crippen MR) is 120 cm³/mol. The molecule has 1 N–H and O–H groups in total. The molecule has 0 radical (unpaired) electrons. The van der Waals surface area contributed by atoms with E-state index in [1.54, 1.807) is 42.5 Å². The number of ether oxygens (including phenoxy) is 1. The Labute approximate surface area is 178 Å². The second-order valence-corrected chi connectivity index (χ2v) is 8.24. The molecule has 0 saturated heterocycles. The van der Waals surface area contributed by atoms with Crippen molar-refractivity contribution < 1.29 is 9.53 Å². The maximum atomic E-state index is 12.4. The van der Waals surface area contributed by atoms with Gasteiger partial charge in [0.1, 0.15) is 10.8 Å². The van der Waals surface area contributed by atoms with Crippen LogP contribution in [0.15, 0.2) is 66.7 Å². The molecule has 1 aromatic heterocycles. The molecule has 6 heteroatoms. The molecule has 4 rings (SSSR count). The average Bonchev–Trinajstić information content (AvgIpc) is 3.13. The number of aryl methyl sites for hydroxylation is 1. The Bertz CT molecular complexity index is 1150. The number of fused-ring (bicyclic) bond motifs is 1. The van der Waals surface area contributed by atoms with E-state index in [0.717, 1.165) is 20.8 Å². The van der Waals surface area contributed by atoms with Crippen LogP contribution < -0.4 is 10.1 Å². The van der Waals surface area contributed by atoms with Gasteiger partial charge in [0.2, 0.25) is 0 Å². The van der Waals surface area contributed by atoms with Crippen molar-refractivity contribution in [1.82, 2.24) is 4.98 Å². The molecule has 0 saturated carbocycles. The highest BCUT2D eigenvalue weighted by molar-refractivity contribution is 7.21. The summed E-state index contributed by atoms with van der Waals surface area (Å²) in [5, 5.41) is 4.46. The van der Waals surface area contributed by atoms with Gasteiger partial charge < -0.3 is 10.1 Å². The zero-order chi connectivity index (χ0) is 20.4. The lowest BCUT2D eigenvalue weighted by Crippen LogP contribution is -2.30. The third-order valence-electron chi connectivity index (χ3n) is 4.44. The number of hydrogen-bond donors (Lipinski definition) is 1. The number of anilines is 1. The number of halogens is 1. The number of amides is 1. The highest BCUT2D eigenvalue weighted by Gasteiger charge is 2.15. The number of rotatable bonds is 5. The van der Waals surface area contributed by atoms with Crippen LogP contribution in [0.3, 0.4) is 0 Å². The van der Waals surface area contributed by atoms with Crippen LogP contribution in [0.2, 0.25) is 5.02 Å². The van der Waals surface area contributed by atoms with Gasteiger partial charge >= 0.3 is 0 Å². The van der Waals surface area contributed by atoms with Crippen molar-refractivity contribution in [1.29, 1.82) is 0 Å². The number of aromatic nitrogens is 1. The number of carbonyl (C=O) groups excluding carboxylic acids is 1. The van der Waals surface area contributed by atoms with E-state index < -0.39 is 6.10 Å². The summed E-state index contributed by atoms with van der Waals surface area (Å²) in [5.41, 5.74) is 3.94. The lowest BCUT2D eigenvalue weighted by molar-refractivity contribution is -0.122. The molecule has 0 bridgehead atoms. The third kappa shape index (κ3) is 4.58. The predicted octanol–water partition coefficient (Wildman–Crippen LogP) is 6.33. The van der Waals surface area contributed by atoms with Crippen molar-refractivity contribution in [2.24, 2.45) is 0 Å². The van der Waals surface area contributed by atoms with Gasteiger partial charge in [-0.15, -0.1) is 11.3 Å². The summed E-state index contributed by atoms with van der Waals surface area (Å²) in [5.74, 6) is 0.377. The molecule has 1 heterocycles. The fraction of sp³-hybridized carbons (Fsp3) is 0.130. The molecule has 29 heavy (non-hydrogen) atoms. The molecule has 3 aromatic carbocycles. The Morgan fingerprint density at radius 2 is 1.79 bits per heavy atom.